The smallest absolute Gasteiger partial charge is 0.283 e. The van der Waals surface area contributed by atoms with Gasteiger partial charge in [-0.1, -0.05) is 35.9 Å². The van der Waals surface area contributed by atoms with Crippen molar-refractivity contribution in [3.63, 3.8) is 0 Å². The Morgan fingerprint density at radius 2 is 1.84 bits per heavy atom. The third-order valence-electron chi connectivity index (χ3n) is 3.73. The zero-order chi connectivity index (χ0) is 18.0. The average Bonchev–Trinajstić information content (AvgIpc) is 2.80. The second kappa shape index (κ2) is 6.99. The quantitative estimate of drug-likeness (QED) is 0.827. The molecule has 0 unspecified atom stereocenters. The van der Waals surface area contributed by atoms with Crippen LogP contribution in [0.5, 0.6) is 5.75 Å². The summed E-state index contributed by atoms with van der Waals surface area (Å²) < 4.78 is 5.53. The van der Waals surface area contributed by atoms with Crippen LogP contribution in [0.15, 0.2) is 59.3 Å². The maximum Gasteiger partial charge on any atom is 0.283 e. The molecule has 0 aromatic heterocycles. The summed E-state index contributed by atoms with van der Waals surface area (Å²) in [5, 5.41) is 2.81. The van der Waals surface area contributed by atoms with Crippen LogP contribution < -0.4 is 15.0 Å². The molecule has 0 atom stereocenters. The first kappa shape index (κ1) is 17.0. The molecule has 2 aromatic carbocycles. The molecule has 1 aliphatic heterocycles. The Bertz CT molecular complexity index is 876. The monoisotopic (exact) mass is 356 g/mol. The topological polar surface area (TPSA) is 58.6 Å². The van der Waals surface area contributed by atoms with Crippen molar-refractivity contribution in [3.05, 3.63) is 64.8 Å². The maximum absolute atomic E-state index is 12.8. The Hall–Kier alpha value is -2.79. The number of nitrogens with one attached hydrogen (secondary N) is 1. The molecular weight excluding hydrogens is 340 g/mol. The van der Waals surface area contributed by atoms with Gasteiger partial charge < -0.3 is 10.1 Å². The Morgan fingerprint density at radius 3 is 2.56 bits per heavy atom. The fourth-order valence-electron chi connectivity index (χ4n) is 2.60. The van der Waals surface area contributed by atoms with Gasteiger partial charge in [0.2, 0.25) is 0 Å². The van der Waals surface area contributed by atoms with Gasteiger partial charge in [-0.15, -0.1) is 0 Å². The zero-order valence-electron chi connectivity index (χ0n) is 13.9. The van der Waals surface area contributed by atoms with E-state index in [0.29, 0.717) is 23.7 Å². The zero-order valence-corrected chi connectivity index (χ0v) is 14.6. The number of hydrogen-bond donors (Lipinski definition) is 1. The summed E-state index contributed by atoms with van der Waals surface area (Å²) in [5.74, 6) is -0.461. The molecule has 0 bridgehead atoms. The number of amides is 2. The molecule has 0 fully saturated rings. The lowest BCUT2D eigenvalue weighted by atomic mass is 10.2. The van der Waals surface area contributed by atoms with E-state index in [-0.39, 0.29) is 10.7 Å². The number of para-hydroxylation sites is 2. The van der Waals surface area contributed by atoms with Gasteiger partial charge in [0.05, 0.1) is 18.0 Å². The van der Waals surface area contributed by atoms with E-state index in [9.17, 15) is 9.59 Å². The molecule has 128 valence electrons. The van der Waals surface area contributed by atoms with Crippen molar-refractivity contribution in [2.45, 2.75) is 13.8 Å². The largest absolute Gasteiger partial charge is 0.492 e. The SMILES string of the molecule is CCOc1ccccc1NC1=C(Cl)C(=O)N(c2cccc(C)c2)C1=O. The van der Waals surface area contributed by atoms with Gasteiger partial charge in [-0.3, -0.25) is 9.59 Å². The summed E-state index contributed by atoms with van der Waals surface area (Å²) in [5.41, 5.74) is 2.05. The molecule has 0 radical (unpaired) electrons. The van der Waals surface area contributed by atoms with Crippen molar-refractivity contribution in [1.29, 1.82) is 0 Å². The number of benzene rings is 2. The van der Waals surface area contributed by atoms with E-state index in [2.05, 4.69) is 5.32 Å². The van der Waals surface area contributed by atoms with E-state index in [4.69, 9.17) is 16.3 Å². The Morgan fingerprint density at radius 1 is 1.08 bits per heavy atom. The molecule has 0 saturated heterocycles. The molecular formula is C19H17ClN2O3. The normalized spacial score (nSPS) is 14.3. The highest BCUT2D eigenvalue weighted by molar-refractivity contribution is 6.53. The van der Waals surface area contributed by atoms with E-state index in [1.807, 2.05) is 26.0 Å². The van der Waals surface area contributed by atoms with Gasteiger partial charge in [0.1, 0.15) is 16.5 Å². The highest BCUT2D eigenvalue weighted by atomic mass is 35.5. The van der Waals surface area contributed by atoms with Gasteiger partial charge in [-0.05, 0) is 43.7 Å². The van der Waals surface area contributed by atoms with Crippen LogP contribution in [0.3, 0.4) is 0 Å². The second-order valence-electron chi connectivity index (χ2n) is 5.53. The van der Waals surface area contributed by atoms with E-state index >= 15 is 0 Å². The highest BCUT2D eigenvalue weighted by Gasteiger charge is 2.39. The van der Waals surface area contributed by atoms with Crippen molar-refractivity contribution in [1.82, 2.24) is 0 Å². The van der Waals surface area contributed by atoms with Crippen LogP contribution in [-0.2, 0) is 9.59 Å². The Kier molecular flexibility index (Phi) is 4.76. The van der Waals surface area contributed by atoms with Crippen LogP contribution in [0, 0.1) is 6.92 Å². The number of carbonyl (C=O) groups is 2. The van der Waals surface area contributed by atoms with Crippen molar-refractivity contribution in [3.8, 4) is 5.75 Å². The summed E-state index contributed by atoms with van der Waals surface area (Å²) in [6.45, 7) is 4.24. The van der Waals surface area contributed by atoms with Gasteiger partial charge in [-0.25, -0.2) is 4.90 Å². The molecule has 1 heterocycles. The number of ether oxygens (including phenoxy) is 1. The van der Waals surface area contributed by atoms with E-state index < -0.39 is 11.8 Å². The molecule has 5 nitrogen and oxygen atoms in total. The molecule has 3 rings (SSSR count). The highest BCUT2D eigenvalue weighted by Crippen LogP contribution is 2.33. The third-order valence-corrected chi connectivity index (χ3v) is 4.08. The first-order valence-corrected chi connectivity index (χ1v) is 8.24. The van der Waals surface area contributed by atoms with Crippen LogP contribution in [0.4, 0.5) is 11.4 Å². The van der Waals surface area contributed by atoms with Gasteiger partial charge in [-0.2, -0.15) is 0 Å². The van der Waals surface area contributed by atoms with Crippen molar-refractivity contribution in [2.75, 3.05) is 16.8 Å². The van der Waals surface area contributed by atoms with Gasteiger partial charge in [0.25, 0.3) is 11.8 Å². The number of anilines is 2. The molecule has 6 heteroatoms. The molecule has 25 heavy (non-hydrogen) atoms. The summed E-state index contributed by atoms with van der Waals surface area (Å²) in [6, 6.07) is 14.3. The second-order valence-corrected chi connectivity index (χ2v) is 5.91. The lowest BCUT2D eigenvalue weighted by Crippen LogP contribution is -2.32. The molecule has 1 N–H and O–H groups in total. The number of rotatable bonds is 5. The molecule has 2 aromatic rings. The minimum Gasteiger partial charge on any atom is -0.492 e. The fourth-order valence-corrected chi connectivity index (χ4v) is 2.81. The standard InChI is InChI=1S/C19H17ClN2O3/c1-3-25-15-10-5-4-9-14(15)21-17-16(20)18(23)22(19(17)24)13-8-6-7-12(2)11-13/h4-11,21H,3H2,1-2H3. The van der Waals surface area contributed by atoms with E-state index in [1.165, 1.54) is 0 Å². The molecule has 1 aliphatic rings. The number of aryl methyl sites for hydroxylation is 1. The number of carbonyl (C=O) groups excluding carboxylic acids is 2. The number of nitrogens with zero attached hydrogens (tertiary/aromatic N) is 1. The van der Waals surface area contributed by atoms with Crippen LogP contribution in [0.25, 0.3) is 0 Å². The molecule has 0 saturated carbocycles. The van der Waals surface area contributed by atoms with Gasteiger partial charge in [0, 0.05) is 0 Å². The van der Waals surface area contributed by atoms with E-state index in [1.54, 1.807) is 36.4 Å². The Labute approximate surface area is 150 Å². The van der Waals surface area contributed by atoms with Crippen molar-refractivity contribution in [2.24, 2.45) is 0 Å². The maximum atomic E-state index is 12.8. The average molecular weight is 357 g/mol. The van der Waals surface area contributed by atoms with Crippen molar-refractivity contribution >= 4 is 34.8 Å². The van der Waals surface area contributed by atoms with Gasteiger partial charge in [0.15, 0.2) is 0 Å². The summed E-state index contributed by atoms with van der Waals surface area (Å²) >= 11 is 6.15. The summed E-state index contributed by atoms with van der Waals surface area (Å²) in [6.07, 6.45) is 0. The minimum atomic E-state index is -0.548. The number of hydrogen-bond acceptors (Lipinski definition) is 4. The van der Waals surface area contributed by atoms with Crippen LogP contribution in [-0.4, -0.2) is 18.4 Å². The summed E-state index contributed by atoms with van der Waals surface area (Å²) in [7, 11) is 0. The van der Waals surface area contributed by atoms with E-state index in [0.717, 1.165) is 10.5 Å². The predicted molar refractivity (Wildman–Crippen MR) is 97.8 cm³/mol. The first-order chi connectivity index (χ1) is 12.0. The fraction of sp³-hybridized carbons (Fsp3) is 0.158. The minimum absolute atomic E-state index is 0.0420. The van der Waals surface area contributed by atoms with Crippen molar-refractivity contribution < 1.29 is 14.3 Å². The number of imide groups is 1. The van der Waals surface area contributed by atoms with Gasteiger partial charge >= 0.3 is 0 Å². The van der Waals surface area contributed by atoms with Crippen LogP contribution in [0.1, 0.15) is 12.5 Å². The van der Waals surface area contributed by atoms with Crippen LogP contribution >= 0.6 is 11.6 Å². The third kappa shape index (κ3) is 3.23. The molecule has 0 aliphatic carbocycles. The lowest BCUT2D eigenvalue weighted by molar-refractivity contribution is -0.120. The van der Waals surface area contributed by atoms with Crippen LogP contribution in [0.2, 0.25) is 0 Å². The molecule has 2 amide bonds. The first-order valence-electron chi connectivity index (χ1n) is 7.87. The predicted octanol–water partition coefficient (Wildman–Crippen LogP) is 3.83. The number of halogens is 1. The summed E-state index contributed by atoms with van der Waals surface area (Å²) in [4.78, 5) is 26.3. The Balaban J connectivity index is 1.93. The lowest BCUT2D eigenvalue weighted by Gasteiger charge is -2.16. The molecule has 0 spiro atoms.